The largest absolute Gasteiger partial charge is 0.456 e. The molecule has 2 rings (SSSR count). The van der Waals surface area contributed by atoms with Crippen LogP contribution in [0.3, 0.4) is 0 Å². The number of rotatable bonds is 3. The molecule has 1 heterocycles. The van der Waals surface area contributed by atoms with Gasteiger partial charge in [0.2, 0.25) is 0 Å². The second-order valence-corrected chi connectivity index (χ2v) is 4.94. The van der Waals surface area contributed by atoms with Crippen LogP contribution in [0, 0.1) is 20.8 Å². The Morgan fingerprint density at radius 1 is 1.21 bits per heavy atom. The van der Waals surface area contributed by atoms with Gasteiger partial charge in [-0.1, -0.05) is 24.4 Å². The summed E-state index contributed by atoms with van der Waals surface area (Å²) in [6.07, 6.45) is 0. The quantitative estimate of drug-likeness (QED) is 0.870. The van der Waals surface area contributed by atoms with Gasteiger partial charge in [-0.25, -0.2) is 0 Å². The van der Waals surface area contributed by atoms with Crippen molar-refractivity contribution in [2.24, 2.45) is 5.73 Å². The first-order chi connectivity index (χ1) is 8.97. The topological polar surface area (TPSA) is 48.1 Å². The lowest BCUT2D eigenvalue weighted by Crippen LogP contribution is -2.14. The number of nitrogens with zero attached hydrogens (tertiary/aromatic N) is 1. The standard InChI is InChI=1S/C15H16N2OS/c1-9-5-4-6-12(7-9)18-13-8-10(2)17-11(3)14(13)15(16)19/h4-8H,1-3H3,(H2,16,19). The van der Waals surface area contributed by atoms with E-state index in [-0.39, 0.29) is 0 Å². The Morgan fingerprint density at radius 3 is 2.58 bits per heavy atom. The molecule has 0 aliphatic rings. The Balaban J connectivity index is 2.47. The number of pyridine rings is 1. The van der Waals surface area contributed by atoms with E-state index in [1.54, 1.807) is 0 Å². The molecule has 1 aromatic heterocycles. The number of benzene rings is 1. The van der Waals surface area contributed by atoms with Crippen molar-refractivity contribution in [3.8, 4) is 11.5 Å². The van der Waals surface area contributed by atoms with Gasteiger partial charge in [0.25, 0.3) is 0 Å². The van der Waals surface area contributed by atoms with Crippen LogP contribution in [0.1, 0.15) is 22.5 Å². The number of aromatic nitrogens is 1. The first-order valence-corrected chi connectivity index (χ1v) is 6.41. The van der Waals surface area contributed by atoms with Crippen LogP contribution in [-0.4, -0.2) is 9.97 Å². The zero-order valence-electron chi connectivity index (χ0n) is 11.2. The second-order valence-electron chi connectivity index (χ2n) is 4.51. The number of hydrogen-bond donors (Lipinski definition) is 1. The first kappa shape index (κ1) is 13.5. The van der Waals surface area contributed by atoms with Gasteiger partial charge in [-0.15, -0.1) is 0 Å². The van der Waals surface area contributed by atoms with Gasteiger partial charge >= 0.3 is 0 Å². The fourth-order valence-corrected chi connectivity index (χ4v) is 2.23. The molecule has 0 spiro atoms. The molecule has 3 nitrogen and oxygen atoms in total. The average molecular weight is 272 g/mol. The maximum Gasteiger partial charge on any atom is 0.141 e. The molecule has 0 aliphatic heterocycles. The summed E-state index contributed by atoms with van der Waals surface area (Å²) in [6.45, 7) is 5.81. The predicted octanol–water partition coefficient (Wildman–Crippen LogP) is 3.43. The Hall–Kier alpha value is -1.94. The van der Waals surface area contributed by atoms with E-state index in [1.807, 2.05) is 51.1 Å². The van der Waals surface area contributed by atoms with E-state index in [1.165, 1.54) is 0 Å². The first-order valence-electron chi connectivity index (χ1n) is 6.00. The minimum atomic E-state index is 0.299. The zero-order chi connectivity index (χ0) is 14.0. The fraction of sp³-hybridized carbons (Fsp3) is 0.200. The van der Waals surface area contributed by atoms with E-state index in [0.717, 1.165) is 22.7 Å². The van der Waals surface area contributed by atoms with Crippen molar-refractivity contribution < 1.29 is 4.74 Å². The molecular weight excluding hydrogens is 256 g/mol. The highest BCUT2D eigenvalue weighted by Gasteiger charge is 2.13. The fourth-order valence-electron chi connectivity index (χ4n) is 1.98. The molecule has 0 unspecified atom stereocenters. The van der Waals surface area contributed by atoms with Crippen molar-refractivity contribution in [1.82, 2.24) is 4.98 Å². The smallest absolute Gasteiger partial charge is 0.141 e. The SMILES string of the molecule is Cc1cccc(Oc2cc(C)nc(C)c2C(N)=S)c1. The molecule has 0 aliphatic carbocycles. The summed E-state index contributed by atoms with van der Waals surface area (Å²) >= 11 is 5.08. The molecule has 2 aromatic rings. The van der Waals surface area contributed by atoms with E-state index in [4.69, 9.17) is 22.7 Å². The lowest BCUT2D eigenvalue weighted by atomic mass is 10.1. The molecule has 0 bridgehead atoms. The third-order valence-electron chi connectivity index (χ3n) is 2.76. The summed E-state index contributed by atoms with van der Waals surface area (Å²) < 4.78 is 5.91. The van der Waals surface area contributed by atoms with Crippen molar-refractivity contribution in [1.29, 1.82) is 0 Å². The van der Waals surface area contributed by atoms with Crippen molar-refractivity contribution in [2.75, 3.05) is 0 Å². The Bertz CT molecular complexity index is 638. The normalized spacial score (nSPS) is 10.3. The van der Waals surface area contributed by atoms with E-state index < -0.39 is 0 Å². The van der Waals surface area contributed by atoms with Gasteiger partial charge in [-0.2, -0.15) is 0 Å². The van der Waals surface area contributed by atoms with Gasteiger partial charge in [-0.05, 0) is 38.5 Å². The highest BCUT2D eigenvalue weighted by molar-refractivity contribution is 7.80. The van der Waals surface area contributed by atoms with Crippen LogP contribution in [0.2, 0.25) is 0 Å². The monoisotopic (exact) mass is 272 g/mol. The van der Waals surface area contributed by atoms with Crippen LogP contribution in [-0.2, 0) is 0 Å². The van der Waals surface area contributed by atoms with Crippen LogP contribution in [0.25, 0.3) is 0 Å². The maximum absolute atomic E-state index is 5.91. The van der Waals surface area contributed by atoms with Crippen LogP contribution in [0.15, 0.2) is 30.3 Å². The van der Waals surface area contributed by atoms with Gasteiger partial charge in [-0.3, -0.25) is 4.98 Å². The molecule has 19 heavy (non-hydrogen) atoms. The molecule has 0 radical (unpaired) electrons. The van der Waals surface area contributed by atoms with Gasteiger partial charge in [0.15, 0.2) is 0 Å². The summed E-state index contributed by atoms with van der Waals surface area (Å²) in [5, 5.41) is 0. The Labute approximate surface area is 118 Å². The summed E-state index contributed by atoms with van der Waals surface area (Å²) in [4.78, 5) is 4.67. The van der Waals surface area contributed by atoms with Crippen LogP contribution < -0.4 is 10.5 Å². The lowest BCUT2D eigenvalue weighted by Gasteiger charge is -2.13. The number of ether oxygens (including phenoxy) is 1. The van der Waals surface area contributed by atoms with Crippen LogP contribution in [0.4, 0.5) is 0 Å². The third kappa shape index (κ3) is 3.09. The Morgan fingerprint density at radius 2 is 1.95 bits per heavy atom. The number of hydrogen-bond acceptors (Lipinski definition) is 3. The molecule has 0 atom stereocenters. The summed E-state index contributed by atoms with van der Waals surface area (Å²) in [5.74, 6) is 1.42. The van der Waals surface area contributed by atoms with Crippen LogP contribution >= 0.6 is 12.2 Å². The molecule has 0 saturated carbocycles. The molecular formula is C15H16N2OS. The van der Waals surface area contributed by atoms with Crippen LogP contribution in [0.5, 0.6) is 11.5 Å². The van der Waals surface area contributed by atoms with Gasteiger partial charge < -0.3 is 10.5 Å². The Kier molecular flexibility index (Phi) is 3.81. The van der Waals surface area contributed by atoms with Gasteiger partial charge in [0, 0.05) is 11.8 Å². The molecule has 1 aromatic carbocycles. The van der Waals surface area contributed by atoms with Gasteiger partial charge in [0.05, 0.1) is 11.3 Å². The van der Waals surface area contributed by atoms with Crippen molar-refractivity contribution in [3.05, 3.63) is 52.8 Å². The number of nitrogens with two attached hydrogens (primary N) is 1. The van der Waals surface area contributed by atoms with Crippen molar-refractivity contribution >= 4 is 17.2 Å². The lowest BCUT2D eigenvalue weighted by molar-refractivity contribution is 0.479. The average Bonchev–Trinajstić information content (AvgIpc) is 2.26. The molecule has 0 fully saturated rings. The predicted molar refractivity (Wildman–Crippen MR) is 80.9 cm³/mol. The molecule has 0 amide bonds. The summed E-state index contributed by atoms with van der Waals surface area (Å²) in [6, 6.07) is 9.69. The van der Waals surface area contributed by atoms with E-state index in [9.17, 15) is 0 Å². The number of thiocarbonyl (C=S) groups is 1. The highest BCUT2D eigenvalue weighted by atomic mass is 32.1. The van der Waals surface area contributed by atoms with Crippen molar-refractivity contribution in [2.45, 2.75) is 20.8 Å². The summed E-state index contributed by atoms with van der Waals surface area (Å²) in [5.41, 5.74) is 9.26. The van der Waals surface area contributed by atoms with E-state index in [0.29, 0.717) is 16.3 Å². The maximum atomic E-state index is 5.91. The highest BCUT2D eigenvalue weighted by Crippen LogP contribution is 2.28. The zero-order valence-corrected chi connectivity index (χ0v) is 12.0. The molecule has 2 N–H and O–H groups in total. The minimum absolute atomic E-state index is 0.299. The molecule has 4 heteroatoms. The second kappa shape index (κ2) is 5.36. The number of aryl methyl sites for hydroxylation is 3. The summed E-state index contributed by atoms with van der Waals surface area (Å²) in [7, 11) is 0. The molecule has 0 saturated heterocycles. The molecule has 98 valence electrons. The van der Waals surface area contributed by atoms with Gasteiger partial charge in [0.1, 0.15) is 16.5 Å². The van der Waals surface area contributed by atoms with E-state index in [2.05, 4.69) is 4.98 Å². The minimum Gasteiger partial charge on any atom is -0.456 e. The van der Waals surface area contributed by atoms with Crippen molar-refractivity contribution in [3.63, 3.8) is 0 Å². The van der Waals surface area contributed by atoms with E-state index >= 15 is 0 Å². The third-order valence-corrected chi connectivity index (χ3v) is 2.96.